The molecule has 0 radical (unpaired) electrons. The first-order valence-electron chi connectivity index (χ1n) is 6.10. The van der Waals surface area contributed by atoms with E-state index >= 15 is 0 Å². The second-order valence-electron chi connectivity index (χ2n) is 4.24. The average molecular weight is 279 g/mol. The Morgan fingerprint density at radius 2 is 1.95 bits per heavy atom. The maximum atomic E-state index is 12.2. The zero-order valence-electron chi connectivity index (χ0n) is 11.0. The van der Waals surface area contributed by atoms with Crippen LogP contribution in [0.1, 0.15) is 18.2 Å². The molecule has 0 saturated carbocycles. The van der Waals surface area contributed by atoms with Gasteiger partial charge < -0.3 is 0 Å². The Hall–Kier alpha value is -1.66. The van der Waals surface area contributed by atoms with Gasteiger partial charge in [0.25, 0.3) is 0 Å². The zero-order chi connectivity index (χ0) is 13.9. The van der Waals surface area contributed by atoms with E-state index in [1.54, 1.807) is 17.8 Å². The summed E-state index contributed by atoms with van der Waals surface area (Å²) < 4.78 is 28.6. The topological polar surface area (TPSA) is 64.0 Å². The Kier molecular flexibility index (Phi) is 4.01. The van der Waals surface area contributed by atoms with Gasteiger partial charge in [-0.15, -0.1) is 0 Å². The predicted molar refractivity (Wildman–Crippen MR) is 73.1 cm³/mol. The van der Waals surface area contributed by atoms with Gasteiger partial charge in [0.1, 0.15) is 4.90 Å². The van der Waals surface area contributed by atoms with E-state index in [1.165, 1.54) is 0 Å². The first-order valence-corrected chi connectivity index (χ1v) is 7.59. The van der Waals surface area contributed by atoms with Crippen molar-refractivity contribution in [3.8, 4) is 0 Å². The molecule has 0 amide bonds. The molecule has 0 saturated heterocycles. The van der Waals surface area contributed by atoms with Crippen LogP contribution in [0.15, 0.2) is 41.4 Å². The van der Waals surface area contributed by atoms with E-state index in [0.717, 1.165) is 5.56 Å². The third-order valence-corrected chi connectivity index (χ3v) is 4.33. The molecule has 0 spiro atoms. The average Bonchev–Trinajstić information content (AvgIpc) is 2.80. The van der Waals surface area contributed by atoms with Crippen molar-refractivity contribution in [3.05, 3.63) is 47.8 Å². The molecule has 0 fully saturated rings. The Morgan fingerprint density at radius 3 is 2.53 bits per heavy atom. The van der Waals surface area contributed by atoms with Crippen LogP contribution in [0.4, 0.5) is 0 Å². The molecule has 0 aliphatic carbocycles. The molecule has 0 unspecified atom stereocenters. The second-order valence-corrected chi connectivity index (χ2v) is 5.98. The molecule has 0 bridgehead atoms. The van der Waals surface area contributed by atoms with Crippen LogP contribution in [0.25, 0.3) is 0 Å². The van der Waals surface area contributed by atoms with E-state index in [-0.39, 0.29) is 11.4 Å². The maximum absolute atomic E-state index is 12.2. The van der Waals surface area contributed by atoms with Crippen molar-refractivity contribution >= 4 is 10.0 Å². The summed E-state index contributed by atoms with van der Waals surface area (Å²) in [6.45, 7) is 4.54. The van der Waals surface area contributed by atoms with E-state index in [9.17, 15) is 8.42 Å². The van der Waals surface area contributed by atoms with Gasteiger partial charge in [0.2, 0.25) is 10.0 Å². The molecular formula is C13H17N3O2S. The molecule has 1 aromatic carbocycles. The van der Waals surface area contributed by atoms with Crippen LogP contribution >= 0.6 is 0 Å². The van der Waals surface area contributed by atoms with Crippen LogP contribution in [0.5, 0.6) is 0 Å². The summed E-state index contributed by atoms with van der Waals surface area (Å²) in [6.07, 6.45) is 1.56. The fraction of sp³-hybridized carbons (Fsp3) is 0.308. The number of nitrogens with one attached hydrogen (secondary N) is 1. The number of hydrogen-bond acceptors (Lipinski definition) is 3. The lowest BCUT2D eigenvalue weighted by Gasteiger charge is -2.05. The lowest BCUT2D eigenvalue weighted by Crippen LogP contribution is -2.23. The molecule has 1 heterocycles. The smallest absolute Gasteiger partial charge is 0.244 e. The third-order valence-electron chi connectivity index (χ3n) is 2.82. The number of hydrogen-bond donors (Lipinski definition) is 1. The van der Waals surface area contributed by atoms with Crippen molar-refractivity contribution in [3.63, 3.8) is 0 Å². The molecule has 19 heavy (non-hydrogen) atoms. The Bertz CT molecular complexity index is 648. The lowest BCUT2D eigenvalue weighted by atomic mass is 10.2. The van der Waals surface area contributed by atoms with Crippen LogP contribution in [-0.2, 0) is 23.1 Å². The summed E-state index contributed by atoms with van der Waals surface area (Å²) >= 11 is 0. The highest BCUT2D eigenvalue weighted by atomic mass is 32.2. The molecule has 6 heteroatoms. The first kappa shape index (κ1) is 13.8. The van der Waals surface area contributed by atoms with E-state index in [0.29, 0.717) is 12.2 Å². The van der Waals surface area contributed by atoms with E-state index in [2.05, 4.69) is 9.82 Å². The number of aryl methyl sites for hydroxylation is 2. The number of sulfonamides is 1. The van der Waals surface area contributed by atoms with Gasteiger partial charge in [-0.3, -0.25) is 4.68 Å². The third kappa shape index (κ3) is 3.21. The van der Waals surface area contributed by atoms with Gasteiger partial charge in [-0.2, -0.15) is 5.10 Å². The van der Waals surface area contributed by atoms with Crippen molar-refractivity contribution in [2.75, 3.05) is 0 Å². The number of aromatic nitrogens is 2. The van der Waals surface area contributed by atoms with Crippen LogP contribution in [0.3, 0.4) is 0 Å². The van der Waals surface area contributed by atoms with Gasteiger partial charge in [0, 0.05) is 19.3 Å². The van der Waals surface area contributed by atoms with Crippen LogP contribution < -0.4 is 4.72 Å². The summed E-state index contributed by atoms with van der Waals surface area (Å²) in [5.41, 5.74) is 1.44. The summed E-state index contributed by atoms with van der Waals surface area (Å²) in [4.78, 5) is 0.241. The Labute approximate surface area is 113 Å². The molecule has 5 nitrogen and oxygen atoms in total. The SMILES string of the molecule is CCn1cc(S(=O)(=O)NCc2ccccc2)c(C)n1. The first-order chi connectivity index (χ1) is 9.03. The number of benzene rings is 1. The van der Waals surface area contributed by atoms with Gasteiger partial charge >= 0.3 is 0 Å². The summed E-state index contributed by atoms with van der Waals surface area (Å²) in [5.74, 6) is 0. The fourth-order valence-electron chi connectivity index (χ4n) is 1.78. The lowest BCUT2D eigenvalue weighted by molar-refractivity contribution is 0.580. The van der Waals surface area contributed by atoms with Gasteiger partial charge in [-0.05, 0) is 19.4 Å². The van der Waals surface area contributed by atoms with Crippen LogP contribution in [0.2, 0.25) is 0 Å². The normalized spacial score (nSPS) is 11.7. The maximum Gasteiger partial charge on any atom is 0.244 e. The van der Waals surface area contributed by atoms with Gasteiger partial charge in [0.15, 0.2) is 0 Å². The highest BCUT2D eigenvalue weighted by Crippen LogP contribution is 2.13. The Balaban J connectivity index is 2.16. The number of rotatable bonds is 5. The standard InChI is InChI=1S/C13H17N3O2S/c1-3-16-10-13(11(2)15-16)19(17,18)14-9-12-7-5-4-6-8-12/h4-8,10,14H,3,9H2,1-2H3. The monoisotopic (exact) mass is 279 g/mol. The highest BCUT2D eigenvalue weighted by molar-refractivity contribution is 7.89. The van der Waals surface area contributed by atoms with Gasteiger partial charge in [-0.1, -0.05) is 30.3 Å². The quantitative estimate of drug-likeness (QED) is 0.906. The minimum atomic E-state index is -3.51. The highest BCUT2D eigenvalue weighted by Gasteiger charge is 2.19. The predicted octanol–water partition coefficient (Wildman–Crippen LogP) is 1.69. The van der Waals surface area contributed by atoms with E-state index in [4.69, 9.17) is 0 Å². The molecular weight excluding hydrogens is 262 g/mol. The molecule has 1 N–H and O–H groups in total. The van der Waals surface area contributed by atoms with Crippen molar-refractivity contribution in [1.82, 2.24) is 14.5 Å². The van der Waals surface area contributed by atoms with Crippen molar-refractivity contribution in [1.29, 1.82) is 0 Å². The van der Waals surface area contributed by atoms with Crippen molar-refractivity contribution < 1.29 is 8.42 Å². The summed E-state index contributed by atoms with van der Waals surface area (Å²) in [5, 5.41) is 4.15. The summed E-state index contributed by atoms with van der Waals surface area (Å²) in [6, 6.07) is 9.41. The molecule has 0 atom stereocenters. The van der Waals surface area contributed by atoms with E-state index in [1.807, 2.05) is 37.3 Å². The van der Waals surface area contributed by atoms with Crippen molar-refractivity contribution in [2.24, 2.45) is 0 Å². The molecule has 2 rings (SSSR count). The minimum Gasteiger partial charge on any atom is -0.271 e. The minimum absolute atomic E-state index is 0.241. The Morgan fingerprint density at radius 1 is 1.26 bits per heavy atom. The van der Waals surface area contributed by atoms with Crippen molar-refractivity contribution in [2.45, 2.75) is 31.8 Å². The molecule has 0 aliphatic rings. The van der Waals surface area contributed by atoms with E-state index < -0.39 is 10.0 Å². The molecule has 0 aliphatic heterocycles. The molecule has 1 aromatic heterocycles. The number of nitrogens with zero attached hydrogens (tertiary/aromatic N) is 2. The van der Waals surface area contributed by atoms with Gasteiger partial charge in [-0.25, -0.2) is 13.1 Å². The molecule has 2 aromatic rings. The van der Waals surface area contributed by atoms with Gasteiger partial charge in [0.05, 0.1) is 5.69 Å². The zero-order valence-corrected chi connectivity index (χ0v) is 11.8. The molecule has 102 valence electrons. The largest absolute Gasteiger partial charge is 0.271 e. The van der Waals surface area contributed by atoms with Crippen LogP contribution in [-0.4, -0.2) is 18.2 Å². The second kappa shape index (κ2) is 5.54. The van der Waals surface area contributed by atoms with Crippen LogP contribution in [0, 0.1) is 6.92 Å². The fourth-order valence-corrected chi connectivity index (χ4v) is 2.98. The summed E-state index contributed by atoms with van der Waals surface area (Å²) in [7, 11) is -3.51.